The van der Waals surface area contributed by atoms with Gasteiger partial charge in [0, 0.05) is 38.1 Å². The molecule has 5 heteroatoms. The molecule has 0 aliphatic heterocycles. The van der Waals surface area contributed by atoms with Crippen LogP contribution in [0.1, 0.15) is 36.2 Å². The van der Waals surface area contributed by atoms with Gasteiger partial charge in [0.1, 0.15) is 5.69 Å². The number of aromatic nitrogens is 1. The van der Waals surface area contributed by atoms with Crippen LogP contribution in [-0.4, -0.2) is 37.1 Å². The molecule has 0 spiro atoms. The Hall–Kier alpha value is -1.62. The van der Waals surface area contributed by atoms with Gasteiger partial charge < -0.3 is 16.0 Å². The van der Waals surface area contributed by atoms with Crippen LogP contribution < -0.4 is 16.0 Å². The fourth-order valence-corrected chi connectivity index (χ4v) is 2.70. The minimum absolute atomic E-state index is 0.164. The predicted octanol–water partition coefficient (Wildman–Crippen LogP) is 1.15. The van der Waals surface area contributed by atoms with Gasteiger partial charge in [-0.2, -0.15) is 0 Å². The number of nitrogens with zero attached hydrogens (tertiary/aromatic N) is 2. The van der Waals surface area contributed by atoms with Gasteiger partial charge in [0.05, 0.1) is 0 Å². The average molecular weight is 262 g/mol. The number of likely N-dealkylation sites (N-methyl/N-ethyl adjacent to an activating group) is 1. The summed E-state index contributed by atoms with van der Waals surface area (Å²) in [4.78, 5) is 17.9. The highest BCUT2D eigenvalue weighted by Crippen LogP contribution is 2.25. The standard InChI is InChI=1S/C14H22N4O/c1-16-14(19)12-9-10(7-8-17-12)18(2)13-6-4-3-5-11(13)15/h7-9,11,13H,3-6,15H2,1-2H3,(H,16,19). The third-order valence-corrected chi connectivity index (χ3v) is 3.89. The van der Waals surface area contributed by atoms with Crippen molar-refractivity contribution in [1.82, 2.24) is 10.3 Å². The van der Waals surface area contributed by atoms with Crippen LogP contribution in [0.15, 0.2) is 18.3 Å². The summed E-state index contributed by atoms with van der Waals surface area (Å²) in [5.41, 5.74) is 7.64. The van der Waals surface area contributed by atoms with Gasteiger partial charge in [-0.1, -0.05) is 12.8 Å². The van der Waals surface area contributed by atoms with Crippen molar-refractivity contribution in [1.29, 1.82) is 0 Å². The topological polar surface area (TPSA) is 71.2 Å². The molecule has 1 heterocycles. The first-order valence-electron chi connectivity index (χ1n) is 6.80. The van der Waals surface area contributed by atoms with Crippen LogP contribution in [0.3, 0.4) is 0 Å². The molecule has 1 aliphatic carbocycles. The minimum Gasteiger partial charge on any atom is -0.370 e. The summed E-state index contributed by atoms with van der Waals surface area (Å²) < 4.78 is 0. The summed E-state index contributed by atoms with van der Waals surface area (Å²) in [6.45, 7) is 0. The molecule has 1 saturated carbocycles. The molecule has 5 nitrogen and oxygen atoms in total. The number of nitrogens with one attached hydrogen (secondary N) is 1. The highest BCUT2D eigenvalue weighted by Gasteiger charge is 2.26. The Morgan fingerprint density at radius 2 is 2.21 bits per heavy atom. The van der Waals surface area contributed by atoms with Crippen LogP contribution in [0.2, 0.25) is 0 Å². The van der Waals surface area contributed by atoms with Gasteiger partial charge >= 0.3 is 0 Å². The minimum atomic E-state index is -0.164. The Balaban J connectivity index is 2.18. The molecule has 0 bridgehead atoms. The van der Waals surface area contributed by atoms with Crippen LogP contribution in [-0.2, 0) is 0 Å². The van der Waals surface area contributed by atoms with Gasteiger partial charge in [-0.15, -0.1) is 0 Å². The Morgan fingerprint density at radius 1 is 1.47 bits per heavy atom. The number of rotatable bonds is 3. The zero-order valence-corrected chi connectivity index (χ0v) is 11.6. The second kappa shape index (κ2) is 6.02. The molecule has 0 saturated heterocycles. The van der Waals surface area contributed by atoms with Crippen molar-refractivity contribution in [3.8, 4) is 0 Å². The smallest absolute Gasteiger partial charge is 0.269 e. The highest BCUT2D eigenvalue weighted by atomic mass is 16.1. The molecule has 104 valence electrons. The molecule has 0 radical (unpaired) electrons. The fraction of sp³-hybridized carbons (Fsp3) is 0.571. The Kier molecular flexibility index (Phi) is 4.37. The zero-order chi connectivity index (χ0) is 13.8. The van der Waals surface area contributed by atoms with E-state index in [1.54, 1.807) is 13.2 Å². The molecule has 1 aromatic rings. The Bertz CT molecular complexity index is 449. The van der Waals surface area contributed by atoms with E-state index in [1.165, 1.54) is 12.8 Å². The number of hydrogen-bond donors (Lipinski definition) is 2. The number of carbonyl (C=O) groups excluding carboxylic acids is 1. The van der Waals surface area contributed by atoms with Crippen LogP contribution >= 0.6 is 0 Å². The maximum absolute atomic E-state index is 11.6. The van der Waals surface area contributed by atoms with E-state index in [1.807, 2.05) is 19.2 Å². The molecule has 19 heavy (non-hydrogen) atoms. The van der Waals surface area contributed by atoms with Gasteiger partial charge in [-0.05, 0) is 25.0 Å². The lowest BCUT2D eigenvalue weighted by Crippen LogP contribution is -2.48. The number of amides is 1. The van der Waals surface area contributed by atoms with Crippen molar-refractivity contribution in [3.05, 3.63) is 24.0 Å². The number of nitrogens with two attached hydrogens (primary N) is 1. The number of anilines is 1. The van der Waals surface area contributed by atoms with E-state index in [-0.39, 0.29) is 11.9 Å². The molecular weight excluding hydrogens is 240 g/mol. The molecule has 2 atom stereocenters. The van der Waals surface area contributed by atoms with E-state index in [2.05, 4.69) is 15.2 Å². The number of carbonyl (C=O) groups is 1. The fourth-order valence-electron chi connectivity index (χ4n) is 2.70. The zero-order valence-electron chi connectivity index (χ0n) is 11.6. The van der Waals surface area contributed by atoms with Gasteiger partial charge in [-0.3, -0.25) is 9.78 Å². The quantitative estimate of drug-likeness (QED) is 0.857. The van der Waals surface area contributed by atoms with Crippen molar-refractivity contribution >= 4 is 11.6 Å². The van der Waals surface area contributed by atoms with Crippen molar-refractivity contribution in [2.75, 3.05) is 19.0 Å². The molecule has 2 rings (SSSR count). The third-order valence-electron chi connectivity index (χ3n) is 3.89. The van der Waals surface area contributed by atoms with Crippen LogP contribution in [0, 0.1) is 0 Å². The summed E-state index contributed by atoms with van der Waals surface area (Å²) in [6, 6.07) is 4.29. The summed E-state index contributed by atoms with van der Waals surface area (Å²) in [5.74, 6) is -0.164. The average Bonchev–Trinajstić information content (AvgIpc) is 2.46. The first-order chi connectivity index (χ1) is 9.13. The second-order valence-corrected chi connectivity index (χ2v) is 5.10. The molecule has 3 N–H and O–H groups in total. The SMILES string of the molecule is CNC(=O)c1cc(N(C)C2CCCCC2N)ccn1. The second-order valence-electron chi connectivity index (χ2n) is 5.10. The summed E-state index contributed by atoms with van der Waals surface area (Å²) in [6.07, 6.45) is 6.28. The lowest BCUT2D eigenvalue weighted by Gasteiger charge is -2.37. The summed E-state index contributed by atoms with van der Waals surface area (Å²) in [5, 5.41) is 2.59. The first-order valence-corrected chi connectivity index (χ1v) is 6.80. The van der Waals surface area contributed by atoms with Crippen molar-refractivity contribution in [2.45, 2.75) is 37.8 Å². The largest absolute Gasteiger partial charge is 0.370 e. The van der Waals surface area contributed by atoms with Crippen molar-refractivity contribution in [3.63, 3.8) is 0 Å². The molecule has 1 aromatic heterocycles. The van der Waals surface area contributed by atoms with Gasteiger partial charge in [0.15, 0.2) is 0 Å². The molecule has 1 aliphatic rings. The normalized spacial score (nSPS) is 22.9. The summed E-state index contributed by atoms with van der Waals surface area (Å²) >= 11 is 0. The van der Waals surface area contributed by atoms with E-state index in [0.717, 1.165) is 18.5 Å². The number of pyridine rings is 1. The van der Waals surface area contributed by atoms with E-state index < -0.39 is 0 Å². The van der Waals surface area contributed by atoms with Crippen molar-refractivity contribution < 1.29 is 4.79 Å². The van der Waals surface area contributed by atoms with Gasteiger partial charge in [-0.25, -0.2) is 0 Å². The molecule has 1 fully saturated rings. The van der Waals surface area contributed by atoms with Gasteiger partial charge in [0.25, 0.3) is 5.91 Å². The van der Waals surface area contributed by atoms with E-state index in [0.29, 0.717) is 11.7 Å². The van der Waals surface area contributed by atoms with E-state index in [4.69, 9.17) is 5.73 Å². The van der Waals surface area contributed by atoms with Crippen LogP contribution in [0.4, 0.5) is 5.69 Å². The monoisotopic (exact) mass is 262 g/mol. The maximum Gasteiger partial charge on any atom is 0.269 e. The van der Waals surface area contributed by atoms with E-state index >= 15 is 0 Å². The highest BCUT2D eigenvalue weighted by molar-refractivity contribution is 5.92. The lowest BCUT2D eigenvalue weighted by molar-refractivity contribution is 0.0958. The lowest BCUT2D eigenvalue weighted by atomic mass is 9.90. The van der Waals surface area contributed by atoms with E-state index in [9.17, 15) is 4.79 Å². The van der Waals surface area contributed by atoms with Gasteiger partial charge in [0.2, 0.25) is 0 Å². The Morgan fingerprint density at radius 3 is 2.89 bits per heavy atom. The molecule has 2 unspecified atom stereocenters. The number of hydrogen-bond acceptors (Lipinski definition) is 4. The Labute approximate surface area is 114 Å². The molecule has 1 amide bonds. The van der Waals surface area contributed by atoms with Crippen LogP contribution in [0.5, 0.6) is 0 Å². The predicted molar refractivity (Wildman–Crippen MR) is 76.3 cm³/mol. The third kappa shape index (κ3) is 3.04. The first kappa shape index (κ1) is 13.8. The van der Waals surface area contributed by atoms with Crippen molar-refractivity contribution in [2.24, 2.45) is 5.73 Å². The molecular formula is C14H22N4O. The summed E-state index contributed by atoms with van der Waals surface area (Å²) in [7, 11) is 3.65. The maximum atomic E-state index is 11.6. The van der Waals surface area contributed by atoms with Crippen LogP contribution in [0.25, 0.3) is 0 Å². The molecule has 0 aromatic carbocycles.